The summed E-state index contributed by atoms with van der Waals surface area (Å²) in [5.41, 5.74) is 1.39. The van der Waals surface area contributed by atoms with Gasteiger partial charge in [-0.25, -0.2) is 0 Å². The van der Waals surface area contributed by atoms with Gasteiger partial charge in [0.05, 0.1) is 0 Å². The molecule has 1 aromatic rings. The minimum atomic E-state index is 0.419. The van der Waals surface area contributed by atoms with Gasteiger partial charge in [0.1, 0.15) is 5.75 Å². The smallest absolute Gasteiger partial charge is 0.115 e. The number of fused-ring (bicyclic) bond motifs is 3. The lowest BCUT2D eigenvalue weighted by molar-refractivity contribution is 0.139. The van der Waals surface area contributed by atoms with Gasteiger partial charge in [0, 0.05) is 22.6 Å². The molecule has 18 heavy (non-hydrogen) atoms. The zero-order valence-electron chi connectivity index (χ0n) is 10.9. The van der Waals surface area contributed by atoms with E-state index >= 15 is 0 Å². The molecular weight excluding hydrogens is 242 g/mol. The van der Waals surface area contributed by atoms with Crippen LogP contribution in [-0.4, -0.2) is 34.9 Å². The van der Waals surface area contributed by atoms with Crippen LogP contribution in [0.4, 0.5) is 0 Å². The molecule has 2 aliphatic rings. The lowest BCUT2D eigenvalue weighted by atomic mass is 9.83. The molecule has 0 unspecified atom stereocenters. The Morgan fingerprint density at radius 1 is 1.44 bits per heavy atom. The van der Waals surface area contributed by atoms with Crippen LogP contribution < -0.4 is 0 Å². The van der Waals surface area contributed by atoms with E-state index in [0.717, 1.165) is 0 Å². The molecule has 2 aliphatic heterocycles. The van der Waals surface area contributed by atoms with E-state index in [1.54, 1.807) is 0 Å². The lowest BCUT2D eigenvalue weighted by Gasteiger charge is -2.44. The Hall–Kier alpha value is -0.670. The molecule has 0 saturated carbocycles. The standard InChI is InChI=1S/C15H21NOS/c1-2-7-16-8-3-4-12-13-9-11(17)5-6-15(13)18-10-14(12)16/h5-6,9,12,14,17H,2-4,7-8,10H2,1H3/t12-,14-/m0/s1. The van der Waals surface area contributed by atoms with Crippen molar-refractivity contribution in [3.8, 4) is 5.75 Å². The molecule has 1 fully saturated rings. The molecule has 98 valence electrons. The van der Waals surface area contributed by atoms with Gasteiger partial charge in [0.25, 0.3) is 0 Å². The van der Waals surface area contributed by atoms with E-state index in [1.165, 1.54) is 48.6 Å². The molecule has 0 amide bonds. The molecule has 0 aliphatic carbocycles. The molecule has 0 aromatic heterocycles. The van der Waals surface area contributed by atoms with Gasteiger partial charge in [-0.3, -0.25) is 4.90 Å². The average molecular weight is 263 g/mol. The largest absolute Gasteiger partial charge is 0.508 e. The molecule has 3 heteroatoms. The summed E-state index contributed by atoms with van der Waals surface area (Å²) in [6, 6.07) is 6.58. The van der Waals surface area contributed by atoms with Crippen molar-refractivity contribution in [1.82, 2.24) is 4.90 Å². The summed E-state index contributed by atoms with van der Waals surface area (Å²) in [5, 5.41) is 9.72. The van der Waals surface area contributed by atoms with Crippen LogP contribution >= 0.6 is 11.8 Å². The van der Waals surface area contributed by atoms with Crippen molar-refractivity contribution in [1.29, 1.82) is 0 Å². The molecule has 2 nitrogen and oxygen atoms in total. The monoisotopic (exact) mass is 263 g/mol. The van der Waals surface area contributed by atoms with Crippen LogP contribution in [0.5, 0.6) is 5.75 Å². The molecular formula is C15H21NOS. The van der Waals surface area contributed by atoms with Crippen LogP contribution in [0.1, 0.15) is 37.7 Å². The molecule has 0 spiro atoms. The Labute approximate surface area is 113 Å². The Balaban J connectivity index is 1.91. The zero-order valence-corrected chi connectivity index (χ0v) is 11.7. The first kappa shape index (κ1) is 12.4. The van der Waals surface area contributed by atoms with Gasteiger partial charge in [0.2, 0.25) is 0 Å². The number of rotatable bonds is 2. The summed E-state index contributed by atoms with van der Waals surface area (Å²) < 4.78 is 0. The van der Waals surface area contributed by atoms with Gasteiger partial charge in [-0.15, -0.1) is 11.8 Å². The molecule has 0 radical (unpaired) electrons. The molecule has 0 bridgehead atoms. The first-order valence-corrected chi connectivity index (χ1v) is 7.98. The number of hydrogen-bond acceptors (Lipinski definition) is 3. The topological polar surface area (TPSA) is 23.5 Å². The number of nitrogens with zero attached hydrogens (tertiary/aromatic N) is 1. The summed E-state index contributed by atoms with van der Waals surface area (Å²) in [6.07, 6.45) is 3.81. The van der Waals surface area contributed by atoms with Crippen molar-refractivity contribution in [3.05, 3.63) is 23.8 Å². The van der Waals surface area contributed by atoms with E-state index < -0.39 is 0 Å². The second-order valence-electron chi connectivity index (χ2n) is 5.39. The van der Waals surface area contributed by atoms with Gasteiger partial charge in [-0.05, 0) is 56.1 Å². The van der Waals surface area contributed by atoms with Crippen molar-refractivity contribution < 1.29 is 5.11 Å². The molecule has 2 heterocycles. The van der Waals surface area contributed by atoms with Crippen LogP contribution in [0, 0.1) is 0 Å². The number of piperidine rings is 1. The van der Waals surface area contributed by atoms with Crippen molar-refractivity contribution in [2.45, 2.75) is 43.0 Å². The van der Waals surface area contributed by atoms with Crippen LogP contribution in [0.3, 0.4) is 0 Å². The Morgan fingerprint density at radius 3 is 3.17 bits per heavy atom. The van der Waals surface area contributed by atoms with Crippen molar-refractivity contribution in [2.24, 2.45) is 0 Å². The fourth-order valence-electron chi connectivity index (χ4n) is 3.41. The molecule has 1 N–H and O–H groups in total. The third-order valence-electron chi connectivity index (χ3n) is 4.21. The van der Waals surface area contributed by atoms with Crippen LogP contribution in [-0.2, 0) is 0 Å². The first-order valence-electron chi connectivity index (χ1n) is 6.99. The number of hydrogen-bond donors (Lipinski definition) is 1. The number of phenols is 1. The maximum Gasteiger partial charge on any atom is 0.115 e. The number of benzene rings is 1. The third kappa shape index (κ3) is 2.14. The molecule has 2 atom stereocenters. The normalized spacial score (nSPS) is 27.6. The fraction of sp³-hybridized carbons (Fsp3) is 0.600. The van der Waals surface area contributed by atoms with Crippen LogP contribution in [0.25, 0.3) is 0 Å². The van der Waals surface area contributed by atoms with Crippen LogP contribution in [0.15, 0.2) is 23.1 Å². The van der Waals surface area contributed by atoms with E-state index in [1.807, 2.05) is 23.9 Å². The summed E-state index contributed by atoms with van der Waals surface area (Å²) in [6.45, 7) is 4.74. The summed E-state index contributed by atoms with van der Waals surface area (Å²) in [4.78, 5) is 4.04. The van der Waals surface area contributed by atoms with Crippen molar-refractivity contribution in [3.63, 3.8) is 0 Å². The minimum Gasteiger partial charge on any atom is -0.508 e. The predicted octanol–water partition coefficient (Wildman–Crippen LogP) is 3.46. The second-order valence-corrected chi connectivity index (χ2v) is 6.45. The molecule has 1 saturated heterocycles. The van der Waals surface area contributed by atoms with Gasteiger partial charge >= 0.3 is 0 Å². The Morgan fingerprint density at radius 2 is 2.33 bits per heavy atom. The van der Waals surface area contributed by atoms with E-state index in [9.17, 15) is 5.11 Å². The zero-order chi connectivity index (χ0) is 12.5. The van der Waals surface area contributed by atoms with Gasteiger partial charge in [-0.2, -0.15) is 0 Å². The Kier molecular flexibility index (Phi) is 3.53. The van der Waals surface area contributed by atoms with E-state index in [-0.39, 0.29) is 0 Å². The van der Waals surface area contributed by atoms with Crippen LogP contribution in [0.2, 0.25) is 0 Å². The van der Waals surface area contributed by atoms with E-state index in [4.69, 9.17) is 0 Å². The van der Waals surface area contributed by atoms with Crippen molar-refractivity contribution in [2.75, 3.05) is 18.8 Å². The highest BCUT2D eigenvalue weighted by Gasteiger charge is 2.36. The SMILES string of the molecule is CCCN1CCC[C@H]2c3cc(O)ccc3SC[C@@H]21. The quantitative estimate of drug-likeness (QED) is 0.884. The average Bonchev–Trinajstić information content (AvgIpc) is 2.39. The predicted molar refractivity (Wildman–Crippen MR) is 76.5 cm³/mol. The van der Waals surface area contributed by atoms with E-state index in [2.05, 4.69) is 17.9 Å². The molecule has 1 aromatic carbocycles. The summed E-state index contributed by atoms with van der Waals surface area (Å²) in [7, 11) is 0. The van der Waals surface area contributed by atoms with Gasteiger partial charge in [-0.1, -0.05) is 6.92 Å². The molecule has 3 rings (SSSR count). The second kappa shape index (κ2) is 5.14. The maximum absolute atomic E-state index is 9.72. The van der Waals surface area contributed by atoms with E-state index in [0.29, 0.717) is 17.7 Å². The highest BCUT2D eigenvalue weighted by molar-refractivity contribution is 7.99. The van der Waals surface area contributed by atoms with Crippen molar-refractivity contribution >= 4 is 11.8 Å². The summed E-state index contributed by atoms with van der Waals surface area (Å²) >= 11 is 1.96. The number of thioether (sulfide) groups is 1. The third-order valence-corrected chi connectivity index (χ3v) is 5.40. The highest BCUT2D eigenvalue weighted by atomic mass is 32.2. The minimum absolute atomic E-state index is 0.419. The highest BCUT2D eigenvalue weighted by Crippen LogP contribution is 2.45. The Bertz CT molecular complexity index is 433. The maximum atomic E-state index is 9.72. The number of aromatic hydroxyl groups is 1. The first-order chi connectivity index (χ1) is 8.79. The van der Waals surface area contributed by atoms with Gasteiger partial charge < -0.3 is 5.11 Å². The number of phenolic OH excluding ortho intramolecular Hbond substituents is 1. The van der Waals surface area contributed by atoms with Gasteiger partial charge in [0.15, 0.2) is 0 Å². The lowest BCUT2D eigenvalue weighted by Crippen LogP contribution is -2.47. The summed E-state index contributed by atoms with van der Waals surface area (Å²) in [5.74, 6) is 2.26. The fourth-order valence-corrected chi connectivity index (χ4v) is 4.74. The number of likely N-dealkylation sites (tertiary alicyclic amines) is 1.